The molecule has 1 N–H and O–H groups in total. The highest BCUT2D eigenvalue weighted by Gasteiger charge is 2.34. The van der Waals surface area contributed by atoms with Gasteiger partial charge in [-0.25, -0.2) is 0 Å². The summed E-state index contributed by atoms with van der Waals surface area (Å²) in [5.41, 5.74) is -0.631. The molecule has 0 aromatic heterocycles. The van der Waals surface area contributed by atoms with Gasteiger partial charge >= 0.3 is 5.97 Å². The Morgan fingerprint density at radius 1 is 1.29 bits per heavy atom. The standard InChI is InChI=1S/C13H24N2O2/c1-13(2,12(16)17)10-14-6-4-8-15-7-3-5-11(15)9-14/h11H,3-10H2,1-2H3,(H,16,17). The van der Waals surface area contributed by atoms with Crippen molar-refractivity contribution < 1.29 is 9.90 Å². The second kappa shape index (κ2) is 4.94. The van der Waals surface area contributed by atoms with Crippen molar-refractivity contribution in [1.29, 1.82) is 0 Å². The molecule has 4 nitrogen and oxygen atoms in total. The van der Waals surface area contributed by atoms with Crippen LogP contribution in [0.4, 0.5) is 0 Å². The summed E-state index contributed by atoms with van der Waals surface area (Å²) in [6.45, 7) is 8.85. The van der Waals surface area contributed by atoms with Crippen molar-refractivity contribution in [3.8, 4) is 0 Å². The molecule has 0 bridgehead atoms. The molecular weight excluding hydrogens is 216 g/mol. The number of fused-ring (bicyclic) bond motifs is 1. The molecule has 0 aliphatic carbocycles. The SMILES string of the molecule is CC(C)(CN1CCCN2CCCC2C1)C(=O)O. The van der Waals surface area contributed by atoms with Crippen LogP contribution < -0.4 is 0 Å². The molecule has 2 aliphatic rings. The number of aliphatic carboxylic acids is 1. The van der Waals surface area contributed by atoms with Crippen molar-refractivity contribution in [2.24, 2.45) is 5.41 Å². The Morgan fingerprint density at radius 2 is 2.00 bits per heavy atom. The summed E-state index contributed by atoms with van der Waals surface area (Å²) in [7, 11) is 0. The minimum Gasteiger partial charge on any atom is -0.481 e. The molecule has 2 fully saturated rings. The molecule has 2 rings (SSSR count). The lowest BCUT2D eigenvalue weighted by atomic mass is 9.93. The van der Waals surface area contributed by atoms with Crippen molar-refractivity contribution in [3.05, 3.63) is 0 Å². The van der Waals surface area contributed by atoms with Crippen LogP contribution in [0.15, 0.2) is 0 Å². The molecular formula is C13H24N2O2. The Bertz CT molecular complexity index is 291. The monoisotopic (exact) mass is 240 g/mol. The van der Waals surface area contributed by atoms with E-state index in [1.54, 1.807) is 0 Å². The zero-order valence-electron chi connectivity index (χ0n) is 11.0. The fourth-order valence-electron chi connectivity index (χ4n) is 3.05. The maximum Gasteiger partial charge on any atom is 0.310 e. The summed E-state index contributed by atoms with van der Waals surface area (Å²) in [4.78, 5) is 16.1. The second-order valence-corrected chi connectivity index (χ2v) is 6.11. The number of carboxylic acid groups (broad SMARTS) is 1. The molecule has 98 valence electrons. The van der Waals surface area contributed by atoms with Crippen LogP contribution >= 0.6 is 0 Å². The van der Waals surface area contributed by atoms with Crippen molar-refractivity contribution in [3.63, 3.8) is 0 Å². The van der Waals surface area contributed by atoms with E-state index in [9.17, 15) is 9.90 Å². The quantitative estimate of drug-likeness (QED) is 0.807. The molecule has 1 unspecified atom stereocenters. The normalized spacial score (nSPS) is 27.8. The molecule has 2 saturated heterocycles. The van der Waals surface area contributed by atoms with Crippen molar-refractivity contribution >= 4 is 5.97 Å². The van der Waals surface area contributed by atoms with Gasteiger partial charge < -0.3 is 10.0 Å². The van der Waals surface area contributed by atoms with Gasteiger partial charge in [-0.15, -0.1) is 0 Å². The van der Waals surface area contributed by atoms with Gasteiger partial charge in [-0.05, 0) is 52.7 Å². The van der Waals surface area contributed by atoms with Crippen LogP contribution in [0.1, 0.15) is 33.1 Å². The molecule has 0 radical (unpaired) electrons. The molecule has 0 saturated carbocycles. The molecule has 4 heteroatoms. The zero-order valence-corrected chi connectivity index (χ0v) is 11.0. The minimum absolute atomic E-state index is 0.631. The number of nitrogens with zero attached hydrogens (tertiary/aromatic N) is 2. The van der Waals surface area contributed by atoms with Crippen LogP contribution in [-0.4, -0.2) is 59.6 Å². The van der Waals surface area contributed by atoms with Crippen LogP contribution in [0.5, 0.6) is 0 Å². The Labute approximate surface area is 104 Å². The third-order valence-electron chi connectivity index (χ3n) is 4.09. The first kappa shape index (κ1) is 12.8. The van der Waals surface area contributed by atoms with Gasteiger partial charge in [0.15, 0.2) is 0 Å². The Hall–Kier alpha value is -0.610. The molecule has 17 heavy (non-hydrogen) atoms. The van der Waals surface area contributed by atoms with Gasteiger partial charge in [-0.3, -0.25) is 9.69 Å². The van der Waals surface area contributed by atoms with E-state index in [4.69, 9.17) is 0 Å². The first-order valence-electron chi connectivity index (χ1n) is 6.69. The van der Waals surface area contributed by atoms with Crippen molar-refractivity contribution in [2.75, 3.05) is 32.7 Å². The number of hydrogen-bond donors (Lipinski definition) is 1. The van der Waals surface area contributed by atoms with E-state index in [1.807, 2.05) is 13.8 Å². The number of rotatable bonds is 3. The van der Waals surface area contributed by atoms with Crippen LogP contribution in [0.2, 0.25) is 0 Å². The summed E-state index contributed by atoms with van der Waals surface area (Å²) >= 11 is 0. The van der Waals surface area contributed by atoms with Gasteiger partial charge in [0.25, 0.3) is 0 Å². The maximum atomic E-state index is 11.2. The van der Waals surface area contributed by atoms with E-state index in [1.165, 1.54) is 32.4 Å². The summed E-state index contributed by atoms with van der Waals surface area (Å²) in [5, 5.41) is 9.19. The lowest BCUT2D eigenvalue weighted by molar-refractivity contribution is -0.148. The van der Waals surface area contributed by atoms with Gasteiger partial charge in [-0.2, -0.15) is 0 Å². The Morgan fingerprint density at radius 3 is 2.71 bits per heavy atom. The molecule has 0 spiro atoms. The van der Waals surface area contributed by atoms with Gasteiger partial charge in [0.2, 0.25) is 0 Å². The van der Waals surface area contributed by atoms with E-state index in [2.05, 4.69) is 9.80 Å². The number of carbonyl (C=O) groups is 1. The summed E-state index contributed by atoms with van der Waals surface area (Å²) in [6, 6.07) is 0.669. The predicted octanol–water partition coefficient (Wildman–Crippen LogP) is 1.27. The highest BCUT2D eigenvalue weighted by atomic mass is 16.4. The van der Waals surface area contributed by atoms with E-state index in [0.29, 0.717) is 12.6 Å². The van der Waals surface area contributed by atoms with E-state index >= 15 is 0 Å². The van der Waals surface area contributed by atoms with Gasteiger partial charge in [-0.1, -0.05) is 0 Å². The van der Waals surface area contributed by atoms with Crippen molar-refractivity contribution in [2.45, 2.75) is 39.2 Å². The van der Waals surface area contributed by atoms with Gasteiger partial charge in [0.05, 0.1) is 5.41 Å². The Balaban J connectivity index is 1.95. The fraction of sp³-hybridized carbons (Fsp3) is 0.923. The highest BCUT2D eigenvalue weighted by Crippen LogP contribution is 2.24. The highest BCUT2D eigenvalue weighted by molar-refractivity contribution is 5.73. The Kier molecular flexibility index (Phi) is 3.73. The largest absolute Gasteiger partial charge is 0.481 e. The van der Waals surface area contributed by atoms with Crippen molar-refractivity contribution in [1.82, 2.24) is 9.80 Å². The van der Waals surface area contributed by atoms with Gasteiger partial charge in [0, 0.05) is 19.1 Å². The minimum atomic E-state index is -0.690. The lowest BCUT2D eigenvalue weighted by Crippen LogP contribution is -2.43. The third-order valence-corrected chi connectivity index (χ3v) is 4.09. The van der Waals surface area contributed by atoms with E-state index < -0.39 is 11.4 Å². The first-order valence-corrected chi connectivity index (χ1v) is 6.69. The molecule has 0 aromatic carbocycles. The molecule has 2 aliphatic heterocycles. The fourth-order valence-corrected chi connectivity index (χ4v) is 3.05. The van der Waals surface area contributed by atoms with Crippen LogP contribution in [-0.2, 0) is 4.79 Å². The second-order valence-electron chi connectivity index (χ2n) is 6.11. The van der Waals surface area contributed by atoms with Crippen LogP contribution in [0.3, 0.4) is 0 Å². The predicted molar refractivity (Wildman–Crippen MR) is 67.1 cm³/mol. The van der Waals surface area contributed by atoms with Gasteiger partial charge in [0.1, 0.15) is 0 Å². The zero-order chi connectivity index (χ0) is 12.5. The summed E-state index contributed by atoms with van der Waals surface area (Å²) in [5.74, 6) is -0.690. The first-order chi connectivity index (χ1) is 7.99. The average Bonchev–Trinajstić information content (AvgIpc) is 2.57. The average molecular weight is 240 g/mol. The molecule has 0 aromatic rings. The van der Waals surface area contributed by atoms with E-state index in [-0.39, 0.29) is 0 Å². The maximum absolute atomic E-state index is 11.2. The van der Waals surface area contributed by atoms with E-state index in [0.717, 1.165) is 13.1 Å². The third kappa shape index (κ3) is 2.99. The van der Waals surface area contributed by atoms with Crippen LogP contribution in [0.25, 0.3) is 0 Å². The smallest absolute Gasteiger partial charge is 0.310 e. The molecule has 0 amide bonds. The number of hydrogen-bond acceptors (Lipinski definition) is 3. The lowest BCUT2D eigenvalue weighted by Gasteiger charge is -2.30. The summed E-state index contributed by atoms with van der Waals surface area (Å²) in [6.07, 6.45) is 3.76. The van der Waals surface area contributed by atoms with Crippen LogP contribution in [0, 0.1) is 5.41 Å². The molecule has 1 atom stereocenters. The number of carboxylic acids is 1. The molecule has 2 heterocycles. The topological polar surface area (TPSA) is 43.8 Å². The summed E-state index contributed by atoms with van der Waals surface area (Å²) < 4.78 is 0.